The number of methoxy groups -OCH3 is 1. The number of ether oxygens (including phenoxy) is 2. The highest BCUT2D eigenvalue weighted by Crippen LogP contribution is 2.34. The highest BCUT2D eigenvalue weighted by Gasteiger charge is 2.38. The van der Waals surface area contributed by atoms with E-state index in [9.17, 15) is 13.5 Å². The molecule has 2 aromatic rings. The Morgan fingerprint density at radius 2 is 2.00 bits per heavy atom. The quantitative estimate of drug-likeness (QED) is 0.589. The number of nitrogens with zero attached hydrogens (tertiary/aromatic N) is 2. The van der Waals surface area contributed by atoms with Gasteiger partial charge < -0.3 is 19.5 Å². The Morgan fingerprint density at radius 1 is 1.26 bits per heavy atom. The molecule has 0 fully saturated rings. The van der Waals surface area contributed by atoms with Gasteiger partial charge in [0.25, 0.3) is 0 Å². The smallest absolute Gasteiger partial charge is 0.247 e. The second-order valence-corrected chi connectivity index (χ2v) is 11.0. The molecule has 0 amide bonds. The zero-order chi connectivity index (χ0) is 25.6. The zero-order valence-corrected chi connectivity index (χ0v) is 22.0. The number of para-hydroxylation sites is 1. The van der Waals surface area contributed by atoms with E-state index in [1.54, 1.807) is 32.2 Å². The standard InChI is InChI=1S/C27H36N2O5S/c1-6-15-28(4)18-26-20(2)17-29(21(3)19-30)35(31,32)27-14-12-22(16-25(27)34-26)11-13-23-9-7-8-10-24(23)33-5/h7-10,12,14,16,20-21,26,30H,6,15,17-19H2,1-5H3/t20-,21+,26-/m0/s1. The van der Waals surface area contributed by atoms with Gasteiger partial charge in [-0.05, 0) is 57.3 Å². The predicted molar refractivity (Wildman–Crippen MR) is 137 cm³/mol. The molecule has 1 aliphatic heterocycles. The van der Waals surface area contributed by atoms with Gasteiger partial charge in [0.15, 0.2) is 0 Å². The minimum absolute atomic E-state index is 0.0884. The third kappa shape index (κ3) is 6.36. The van der Waals surface area contributed by atoms with Crippen LogP contribution in [-0.4, -0.2) is 75.3 Å². The summed E-state index contributed by atoms with van der Waals surface area (Å²) in [6.45, 7) is 7.42. The van der Waals surface area contributed by atoms with Crippen LogP contribution in [0.15, 0.2) is 47.4 Å². The van der Waals surface area contributed by atoms with Crippen molar-refractivity contribution in [2.24, 2.45) is 5.92 Å². The van der Waals surface area contributed by atoms with Gasteiger partial charge in [-0.3, -0.25) is 0 Å². The van der Waals surface area contributed by atoms with Gasteiger partial charge in [0.2, 0.25) is 10.0 Å². The van der Waals surface area contributed by atoms with E-state index in [0.29, 0.717) is 17.9 Å². The van der Waals surface area contributed by atoms with Crippen LogP contribution in [0, 0.1) is 17.8 Å². The normalized spacial score (nSPS) is 20.5. The first-order chi connectivity index (χ1) is 16.7. The molecule has 0 saturated heterocycles. The number of aliphatic hydroxyl groups excluding tert-OH is 1. The Morgan fingerprint density at radius 3 is 2.69 bits per heavy atom. The summed E-state index contributed by atoms with van der Waals surface area (Å²) in [6, 6.07) is 11.9. The molecule has 0 unspecified atom stereocenters. The highest BCUT2D eigenvalue weighted by molar-refractivity contribution is 7.89. The first-order valence-corrected chi connectivity index (χ1v) is 13.4. The lowest BCUT2D eigenvalue weighted by Gasteiger charge is -2.37. The first-order valence-electron chi connectivity index (χ1n) is 12.0. The van der Waals surface area contributed by atoms with Crippen molar-refractivity contribution in [2.75, 3.05) is 40.4 Å². The van der Waals surface area contributed by atoms with Crippen LogP contribution >= 0.6 is 0 Å². The van der Waals surface area contributed by atoms with Crippen LogP contribution in [0.25, 0.3) is 0 Å². The molecular formula is C27H36N2O5S. The van der Waals surface area contributed by atoms with E-state index in [1.165, 1.54) is 4.31 Å². The van der Waals surface area contributed by atoms with Crippen molar-refractivity contribution < 1.29 is 23.0 Å². The molecule has 3 rings (SSSR count). The molecule has 0 saturated carbocycles. The maximum Gasteiger partial charge on any atom is 0.247 e. The fourth-order valence-corrected chi connectivity index (χ4v) is 6.01. The lowest BCUT2D eigenvalue weighted by atomic mass is 10.0. The maximum absolute atomic E-state index is 13.6. The number of likely N-dealkylation sites (N-methyl/N-ethyl adjacent to an activating group) is 1. The van der Waals surface area contributed by atoms with Gasteiger partial charge in [-0.2, -0.15) is 4.31 Å². The van der Waals surface area contributed by atoms with Crippen molar-refractivity contribution in [3.8, 4) is 23.3 Å². The summed E-state index contributed by atoms with van der Waals surface area (Å²) < 4.78 is 40.4. The lowest BCUT2D eigenvalue weighted by Crippen LogP contribution is -2.49. The number of hydrogen-bond acceptors (Lipinski definition) is 6. The SMILES string of the molecule is CCCN(C)C[C@@H]1Oc2cc(C#Cc3ccccc3OC)ccc2S(=O)(=O)N([C@H](C)CO)C[C@@H]1C. The van der Waals surface area contributed by atoms with Crippen molar-refractivity contribution in [2.45, 2.75) is 44.2 Å². The summed E-state index contributed by atoms with van der Waals surface area (Å²) in [4.78, 5) is 2.29. The molecule has 3 atom stereocenters. The van der Waals surface area contributed by atoms with Gasteiger partial charge in [-0.15, -0.1) is 0 Å². The molecule has 0 aliphatic carbocycles. The summed E-state index contributed by atoms with van der Waals surface area (Å²) in [6.07, 6.45) is 0.783. The average Bonchev–Trinajstić information content (AvgIpc) is 2.84. The van der Waals surface area contributed by atoms with E-state index in [0.717, 1.165) is 18.5 Å². The predicted octanol–water partition coefficient (Wildman–Crippen LogP) is 3.21. The molecule has 1 aliphatic rings. The van der Waals surface area contributed by atoms with E-state index in [2.05, 4.69) is 23.7 Å². The number of fused-ring (bicyclic) bond motifs is 1. The summed E-state index contributed by atoms with van der Waals surface area (Å²) >= 11 is 0. The number of rotatable bonds is 7. The van der Waals surface area contributed by atoms with E-state index in [-0.39, 0.29) is 35.8 Å². The fourth-order valence-electron chi connectivity index (χ4n) is 4.19. The summed E-state index contributed by atoms with van der Waals surface area (Å²) in [7, 11) is -0.238. The van der Waals surface area contributed by atoms with E-state index < -0.39 is 16.1 Å². The third-order valence-corrected chi connectivity index (χ3v) is 8.23. The number of benzene rings is 2. The van der Waals surface area contributed by atoms with Crippen LogP contribution in [0.4, 0.5) is 0 Å². The molecule has 0 spiro atoms. The van der Waals surface area contributed by atoms with Gasteiger partial charge in [0.1, 0.15) is 22.5 Å². The van der Waals surface area contributed by atoms with Gasteiger partial charge in [0, 0.05) is 30.6 Å². The number of hydrogen-bond donors (Lipinski definition) is 1. The Labute approximate surface area is 209 Å². The minimum Gasteiger partial charge on any atom is -0.495 e. The molecule has 1 heterocycles. The van der Waals surface area contributed by atoms with Crippen molar-refractivity contribution in [3.05, 3.63) is 53.6 Å². The lowest BCUT2D eigenvalue weighted by molar-refractivity contribution is 0.0752. The number of aliphatic hydroxyl groups is 1. The molecule has 8 heteroatoms. The Kier molecular flexibility index (Phi) is 9.20. The third-order valence-electron chi connectivity index (χ3n) is 6.21. The molecule has 0 aromatic heterocycles. The Hall–Kier alpha value is -2.57. The fraction of sp³-hybridized carbons (Fsp3) is 0.481. The average molecular weight is 501 g/mol. The molecule has 190 valence electrons. The number of sulfonamides is 1. The highest BCUT2D eigenvalue weighted by atomic mass is 32.2. The Bertz CT molecular complexity index is 1170. The topological polar surface area (TPSA) is 79.3 Å². The van der Waals surface area contributed by atoms with Crippen LogP contribution in [-0.2, 0) is 10.0 Å². The van der Waals surface area contributed by atoms with Gasteiger partial charge in [0.05, 0.1) is 19.3 Å². The van der Waals surface area contributed by atoms with Crippen molar-refractivity contribution >= 4 is 10.0 Å². The van der Waals surface area contributed by atoms with Crippen LogP contribution in [0.2, 0.25) is 0 Å². The van der Waals surface area contributed by atoms with Gasteiger partial charge in [-0.25, -0.2) is 8.42 Å². The minimum atomic E-state index is -3.88. The monoisotopic (exact) mass is 500 g/mol. The largest absolute Gasteiger partial charge is 0.495 e. The van der Waals surface area contributed by atoms with E-state index in [1.807, 2.05) is 38.2 Å². The van der Waals surface area contributed by atoms with Crippen LogP contribution in [0.1, 0.15) is 38.3 Å². The van der Waals surface area contributed by atoms with Crippen LogP contribution in [0.3, 0.4) is 0 Å². The van der Waals surface area contributed by atoms with Crippen molar-refractivity contribution in [1.29, 1.82) is 0 Å². The van der Waals surface area contributed by atoms with Crippen molar-refractivity contribution in [1.82, 2.24) is 9.21 Å². The summed E-state index contributed by atoms with van der Waals surface area (Å²) in [5.41, 5.74) is 1.38. The second kappa shape index (κ2) is 11.9. The molecule has 7 nitrogen and oxygen atoms in total. The van der Waals surface area contributed by atoms with Crippen LogP contribution < -0.4 is 9.47 Å². The van der Waals surface area contributed by atoms with E-state index in [4.69, 9.17) is 9.47 Å². The molecule has 35 heavy (non-hydrogen) atoms. The molecule has 0 bridgehead atoms. The van der Waals surface area contributed by atoms with E-state index >= 15 is 0 Å². The first kappa shape index (κ1) is 27.0. The Balaban J connectivity index is 2.07. The summed E-state index contributed by atoms with van der Waals surface area (Å²) in [5.74, 6) is 7.09. The van der Waals surface area contributed by atoms with Gasteiger partial charge >= 0.3 is 0 Å². The second-order valence-electron chi connectivity index (χ2n) is 9.11. The summed E-state index contributed by atoms with van der Waals surface area (Å²) in [5, 5.41) is 9.79. The molecular weight excluding hydrogens is 464 g/mol. The zero-order valence-electron chi connectivity index (χ0n) is 21.2. The maximum atomic E-state index is 13.6. The molecule has 2 aromatic carbocycles. The van der Waals surface area contributed by atoms with Crippen molar-refractivity contribution in [3.63, 3.8) is 0 Å². The van der Waals surface area contributed by atoms with Gasteiger partial charge in [-0.1, -0.05) is 37.8 Å². The van der Waals surface area contributed by atoms with Crippen LogP contribution in [0.5, 0.6) is 11.5 Å². The molecule has 0 radical (unpaired) electrons. The molecule has 1 N–H and O–H groups in total.